The number of rotatable bonds is 5. The maximum atomic E-state index is 5.99. The Morgan fingerprint density at radius 3 is 2.65 bits per heavy atom. The zero-order valence-electron chi connectivity index (χ0n) is 9.90. The number of benzene rings is 1. The van der Waals surface area contributed by atoms with Gasteiger partial charge < -0.3 is 4.90 Å². The number of para-hydroxylation sites is 1. The van der Waals surface area contributed by atoms with Gasteiger partial charge in [-0.1, -0.05) is 24.3 Å². The highest BCUT2D eigenvalue weighted by Gasteiger charge is 2.09. The largest absolute Gasteiger partial charge is 0.366 e. The number of hydrogen-bond donors (Lipinski definition) is 0. The summed E-state index contributed by atoms with van der Waals surface area (Å²) in [7, 11) is 0. The molecule has 1 nitrogen and oxygen atoms in total. The SMILES string of the molecule is CCN(Cc1cccs1)c1ccccc1CCl. The summed E-state index contributed by atoms with van der Waals surface area (Å²) in [5.41, 5.74) is 2.45. The second-order valence-electron chi connectivity index (χ2n) is 3.86. The number of alkyl halides is 1. The first kappa shape index (κ1) is 12.5. The Morgan fingerprint density at radius 1 is 1.18 bits per heavy atom. The van der Waals surface area contributed by atoms with Gasteiger partial charge in [0, 0.05) is 23.0 Å². The number of anilines is 1. The van der Waals surface area contributed by atoms with Gasteiger partial charge in [-0.3, -0.25) is 0 Å². The molecule has 0 fully saturated rings. The summed E-state index contributed by atoms with van der Waals surface area (Å²) >= 11 is 7.79. The minimum Gasteiger partial charge on any atom is -0.366 e. The van der Waals surface area contributed by atoms with Crippen LogP contribution in [0.5, 0.6) is 0 Å². The van der Waals surface area contributed by atoms with Gasteiger partial charge >= 0.3 is 0 Å². The molecule has 3 heteroatoms. The maximum absolute atomic E-state index is 5.99. The molecule has 0 aliphatic rings. The highest BCUT2D eigenvalue weighted by atomic mass is 35.5. The molecule has 0 saturated heterocycles. The smallest absolute Gasteiger partial charge is 0.0522 e. The van der Waals surface area contributed by atoms with Gasteiger partial charge in [0.1, 0.15) is 0 Å². The minimum absolute atomic E-state index is 0.567. The molecule has 0 atom stereocenters. The zero-order chi connectivity index (χ0) is 12.1. The Kier molecular flexibility index (Phi) is 4.46. The van der Waals surface area contributed by atoms with Crippen molar-refractivity contribution in [2.45, 2.75) is 19.3 Å². The van der Waals surface area contributed by atoms with Gasteiger partial charge in [0.2, 0.25) is 0 Å². The Balaban J connectivity index is 2.22. The summed E-state index contributed by atoms with van der Waals surface area (Å²) in [5.74, 6) is 0.567. The summed E-state index contributed by atoms with van der Waals surface area (Å²) < 4.78 is 0. The molecule has 1 aromatic carbocycles. The van der Waals surface area contributed by atoms with E-state index < -0.39 is 0 Å². The predicted molar refractivity (Wildman–Crippen MR) is 77.0 cm³/mol. The van der Waals surface area contributed by atoms with Gasteiger partial charge in [0.05, 0.1) is 6.54 Å². The van der Waals surface area contributed by atoms with E-state index >= 15 is 0 Å². The molecule has 2 aromatic rings. The molecular formula is C14H16ClNS. The van der Waals surface area contributed by atoms with Gasteiger partial charge in [0.15, 0.2) is 0 Å². The van der Waals surface area contributed by atoms with Crippen molar-refractivity contribution in [2.24, 2.45) is 0 Å². The molecular weight excluding hydrogens is 250 g/mol. The van der Waals surface area contributed by atoms with Crippen LogP contribution in [-0.4, -0.2) is 6.54 Å². The van der Waals surface area contributed by atoms with Crippen LogP contribution in [0.1, 0.15) is 17.4 Å². The van der Waals surface area contributed by atoms with Crippen molar-refractivity contribution in [1.82, 2.24) is 0 Å². The predicted octanol–water partition coefficient (Wildman–Crippen LogP) is 4.51. The van der Waals surface area contributed by atoms with E-state index in [-0.39, 0.29) is 0 Å². The van der Waals surface area contributed by atoms with Crippen LogP contribution >= 0.6 is 22.9 Å². The molecule has 0 amide bonds. The number of thiophene rings is 1. The van der Waals surface area contributed by atoms with Gasteiger partial charge in [-0.15, -0.1) is 22.9 Å². The lowest BCUT2D eigenvalue weighted by molar-refractivity contribution is 0.837. The van der Waals surface area contributed by atoms with Gasteiger partial charge in [-0.25, -0.2) is 0 Å². The zero-order valence-corrected chi connectivity index (χ0v) is 11.5. The van der Waals surface area contributed by atoms with Crippen LogP contribution in [-0.2, 0) is 12.4 Å². The van der Waals surface area contributed by atoms with Gasteiger partial charge in [-0.2, -0.15) is 0 Å². The normalized spacial score (nSPS) is 10.5. The summed E-state index contributed by atoms with van der Waals surface area (Å²) in [4.78, 5) is 3.75. The fraction of sp³-hybridized carbons (Fsp3) is 0.286. The van der Waals surface area contributed by atoms with E-state index in [9.17, 15) is 0 Å². The van der Waals surface area contributed by atoms with Crippen LogP contribution in [0.2, 0.25) is 0 Å². The summed E-state index contributed by atoms with van der Waals surface area (Å²) in [6.07, 6.45) is 0. The number of halogens is 1. The van der Waals surface area contributed by atoms with E-state index in [2.05, 4.69) is 47.5 Å². The van der Waals surface area contributed by atoms with Crippen molar-refractivity contribution in [3.8, 4) is 0 Å². The first-order valence-electron chi connectivity index (χ1n) is 5.76. The molecule has 1 heterocycles. The topological polar surface area (TPSA) is 3.24 Å². The molecule has 0 aliphatic heterocycles. The van der Waals surface area contributed by atoms with Crippen LogP contribution in [0, 0.1) is 0 Å². The van der Waals surface area contributed by atoms with Crippen molar-refractivity contribution < 1.29 is 0 Å². The van der Waals surface area contributed by atoms with E-state index in [0.717, 1.165) is 13.1 Å². The van der Waals surface area contributed by atoms with E-state index in [4.69, 9.17) is 11.6 Å². The third-order valence-electron chi connectivity index (χ3n) is 2.78. The summed E-state index contributed by atoms with van der Waals surface area (Å²) in [5, 5.41) is 2.12. The average molecular weight is 266 g/mol. The van der Waals surface area contributed by atoms with Crippen molar-refractivity contribution in [2.75, 3.05) is 11.4 Å². The standard InChI is InChI=1S/C14H16ClNS/c1-2-16(11-13-7-5-9-17-13)14-8-4-3-6-12(14)10-15/h3-9H,2,10-11H2,1H3. The van der Waals surface area contributed by atoms with Crippen LogP contribution in [0.15, 0.2) is 41.8 Å². The Morgan fingerprint density at radius 2 is 2.00 bits per heavy atom. The summed E-state index contributed by atoms with van der Waals surface area (Å²) in [6, 6.07) is 12.6. The minimum atomic E-state index is 0.567. The summed E-state index contributed by atoms with van der Waals surface area (Å²) in [6.45, 7) is 4.13. The molecule has 0 saturated carbocycles. The van der Waals surface area contributed by atoms with Crippen LogP contribution in [0.4, 0.5) is 5.69 Å². The number of nitrogens with zero attached hydrogens (tertiary/aromatic N) is 1. The van der Waals surface area contributed by atoms with Crippen molar-refractivity contribution >= 4 is 28.6 Å². The fourth-order valence-corrected chi connectivity index (χ4v) is 2.84. The molecule has 2 rings (SSSR count). The monoisotopic (exact) mass is 265 g/mol. The second kappa shape index (κ2) is 6.08. The molecule has 0 spiro atoms. The number of hydrogen-bond acceptors (Lipinski definition) is 2. The molecule has 0 N–H and O–H groups in total. The van der Waals surface area contributed by atoms with Crippen molar-refractivity contribution in [1.29, 1.82) is 0 Å². The third kappa shape index (κ3) is 3.02. The lowest BCUT2D eigenvalue weighted by Crippen LogP contribution is -2.22. The molecule has 90 valence electrons. The highest BCUT2D eigenvalue weighted by Crippen LogP contribution is 2.24. The van der Waals surface area contributed by atoms with Gasteiger partial charge in [0.25, 0.3) is 0 Å². The molecule has 0 radical (unpaired) electrons. The Bertz CT molecular complexity index is 453. The van der Waals surface area contributed by atoms with E-state index in [0.29, 0.717) is 5.88 Å². The van der Waals surface area contributed by atoms with Crippen molar-refractivity contribution in [3.05, 3.63) is 52.2 Å². The Hall–Kier alpha value is -0.990. The average Bonchev–Trinajstić information content (AvgIpc) is 2.89. The van der Waals surface area contributed by atoms with Crippen LogP contribution < -0.4 is 4.90 Å². The van der Waals surface area contributed by atoms with E-state index in [1.54, 1.807) is 11.3 Å². The third-order valence-corrected chi connectivity index (χ3v) is 3.93. The first-order chi connectivity index (χ1) is 8.35. The Labute approximate surface area is 112 Å². The lowest BCUT2D eigenvalue weighted by atomic mass is 10.2. The molecule has 1 aromatic heterocycles. The van der Waals surface area contributed by atoms with Crippen LogP contribution in [0.3, 0.4) is 0 Å². The maximum Gasteiger partial charge on any atom is 0.0522 e. The van der Waals surface area contributed by atoms with Crippen LogP contribution in [0.25, 0.3) is 0 Å². The fourth-order valence-electron chi connectivity index (χ4n) is 1.89. The lowest BCUT2D eigenvalue weighted by Gasteiger charge is -2.24. The first-order valence-corrected chi connectivity index (χ1v) is 7.17. The highest BCUT2D eigenvalue weighted by molar-refractivity contribution is 7.09. The molecule has 0 bridgehead atoms. The molecule has 0 unspecified atom stereocenters. The quantitative estimate of drug-likeness (QED) is 0.719. The molecule has 17 heavy (non-hydrogen) atoms. The molecule has 0 aliphatic carbocycles. The second-order valence-corrected chi connectivity index (χ2v) is 5.16. The van der Waals surface area contributed by atoms with E-state index in [1.165, 1.54) is 16.1 Å². The van der Waals surface area contributed by atoms with E-state index in [1.807, 2.05) is 6.07 Å². The van der Waals surface area contributed by atoms with Gasteiger partial charge in [-0.05, 0) is 30.0 Å². The van der Waals surface area contributed by atoms with Crippen molar-refractivity contribution in [3.63, 3.8) is 0 Å².